The number of rotatable bonds is 9. The molecule has 0 aliphatic rings. The highest BCUT2D eigenvalue weighted by molar-refractivity contribution is 14.0. The van der Waals surface area contributed by atoms with Crippen LogP contribution in [0.1, 0.15) is 23.7 Å². The van der Waals surface area contributed by atoms with E-state index in [1.54, 1.807) is 19.2 Å². The van der Waals surface area contributed by atoms with Crippen LogP contribution in [0.5, 0.6) is 0 Å². The first kappa shape index (κ1) is 21.6. The second-order valence-corrected chi connectivity index (χ2v) is 4.60. The van der Waals surface area contributed by atoms with Crippen molar-refractivity contribution in [2.75, 3.05) is 39.9 Å². The summed E-state index contributed by atoms with van der Waals surface area (Å²) in [7, 11) is 1.73. The Morgan fingerprint density at radius 3 is 2.39 bits per heavy atom. The van der Waals surface area contributed by atoms with Gasteiger partial charge in [-0.25, -0.2) is 0 Å². The molecule has 130 valence electrons. The summed E-state index contributed by atoms with van der Waals surface area (Å²) in [6.07, 6.45) is 0.824. The number of ether oxygens (including phenoxy) is 1. The van der Waals surface area contributed by atoms with Crippen LogP contribution in [0.3, 0.4) is 0 Å². The number of nitrogens with zero attached hydrogens (tertiary/aromatic N) is 1. The van der Waals surface area contributed by atoms with Crippen LogP contribution in [-0.4, -0.2) is 51.8 Å². The fraction of sp³-hybridized carbons (Fsp3) is 0.500. The average Bonchev–Trinajstić information content (AvgIpc) is 2.57. The third-order valence-electron chi connectivity index (χ3n) is 2.93. The number of hydrogen-bond donors (Lipinski definition) is 3. The van der Waals surface area contributed by atoms with E-state index >= 15 is 0 Å². The van der Waals surface area contributed by atoms with Crippen LogP contribution in [0, 0.1) is 0 Å². The number of amides is 1. The maximum absolute atomic E-state index is 11.8. The van der Waals surface area contributed by atoms with Crippen molar-refractivity contribution in [1.29, 1.82) is 0 Å². The number of guanidine groups is 1. The third kappa shape index (κ3) is 10.1. The zero-order chi connectivity index (χ0) is 16.0. The number of hydrogen-bond acceptors (Lipinski definition) is 3. The first-order valence-electron chi connectivity index (χ1n) is 7.63. The molecule has 0 aromatic heterocycles. The largest absolute Gasteiger partial charge is 0.380 e. The number of halogens is 1. The van der Waals surface area contributed by atoms with Gasteiger partial charge in [-0.05, 0) is 25.5 Å². The van der Waals surface area contributed by atoms with Crippen LogP contribution in [0.15, 0.2) is 35.3 Å². The Balaban J connectivity index is 0.00000484. The van der Waals surface area contributed by atoms with Gasteiger partial charge >= 0.3 is 0 Å². The Morgan fingerprint density at radius 2 is 1.74 bits per heavy atom. The van der Waals surface area contributed by atoms with Crippen molar-refractivity contribution in [2.45, 2.75) is 13.3 Å². The number of nitrogens with one attached hydrogen (secondary N) is 3. The lowest BCUT2D eigenvalue weighted by Gasteiger charge is -2.12. The van der Waals surface area contributed by atoms with Crippen molar-refractivity contribution >= 4 is 35.8 Å². The molecular weight excluding hydrogens is 407 g/mol. The molecule has 0 aliphatic heterocycles. The molecule has 1 rings (SSSR count). The highest BCUT2D eigenvalue weighted by atomic mass is 127. The molecule has 3 N–H and O–H groups in total. The predicted octanol–water partition coefficient (Wildman–Crippen LogP) is 1.63. The highest BCUT2D eigenvalue weighted by Gasteiger charge is 2.02. The van der Waals surface area contributed by atoms with Crippen molar-refractivity contribution in [3.05, 3.63) is 35.9 Å². The molecule has 0 radical (unpaired) electrons. The standard InChI is InChI=1S/C16H26N4O2.HI/c1-3-22-13-12-20-16(17-2)19-11-7-10-18-15(21)14-8-5-4-6-9-14;/h4-6,8-9H,3,7,10-13H2,1-2H3,(H,18,21)(H2,17,19,20);1H. The molecule has 23 heavy (non-hydrogen) atoms. The average molecular weight is 434 g/mol. The minimum atomic E-state index is -0.0418. The van der Waals surface area contributed by atoms with Gasteiger partial charge in [-0.3, -0.25) is 9.79 Å². The van der Waals surface area contributed by atoms with E-state index in [1.165, 1.54) is 0 Å². The van der Waals surface area contributed by atoms with Crippen molar-refractivity contribution in [3.63, 3.8) is 0 Å². The molecule has 0 saturated heterocycles. The van der Waals surface area contributed by atoms with Gasteiger partial charge in [-0.1, -0.05) is 18.2 Å². The molecule has 0 unspecified atom stereocenters. The molecule has 0 fully saturated rings. The predicted molar refractivity (Wildman–Crippen MR) is 105 cm³/mol. The van der Waals surface area contributed by atoms with Crippen molar-refractivity contribution < 1.29 is 9.53 Å². The number of aliphatic imine (C=N–C) groups is 1. The van der Waals surface area contributed by atoms with Gasteiger partial charge in [0.15, 0.2) is 5.96 Å². The summed E-state index contributed by atoms with van der Waals surface area (Å²) >= 11 is 0. The molecular formula is C16H27IN4O2. The molecule has 1 aromatic carbocycles. The van der Waals surface area contributed by atoms with Crippen molar-refractivity contribution in [3.8, 4) is 0 Å². The zero-order valence-corrected chi connectivity index (χ0v) is 16.1. The molecule has 6 nitrogen and oxygen atoms in total. The van der Waals surface area contributed by atoms with Crippen LogP contribution < -0.4 is 16.0 Å². The Morgan fingerprint density at radius 1 is 1.09 bits per heavy atom. The van der Waals surface area contributed by atoms with Crippen molar-refractivity contribution in [1.82, 2.24) is 16.0 Å². The molecule has 0 spiro atoms. The topological polar surface area (TPSA) is 74.8 Å². The fourth-order valence-corrected chi connectivity index (χ4v) is 1.80. The van der Waals surface area contributed by atoms with Gasteiger partial charge in [0.2, 0.25) is 0 Å². The molecule has 0 saturated carbocycles. The lowest BCUT2D eigenvalue weighted by atomic mass is 10.2. The summed E-state index contributed by atoms with van der Waals surface area (Å²) in [4.78, 5) is 15.9. The molecule has 0 heterocycles. The van der Waals surface area contributed by atoms with Crippen molar-refractivity contribution in [2.24, 2.45) is 4.99 Å². The summed E-state index contributed by atoms with van der Waals surface area (Å²) in [5.74, 6) is 0.703. The first-order valence-corrected chi connectivity index (χ1v) is 7.63. The Kier molecular flexibility index (Phi) is 13.4. The van der Waals surface area contributed by atoms with E-state index in [1.807, 2.05) is 25.1 Å². The Bertz CT molecular complexity index is 455. The molecule has 1 amide bonds. The summed E-state index contributed by atoms with van der Waals surface area (Å²) in [6.45, 7) is 5.42. The van der Waals surface area contributed by atoms with E-state index < -0.39 is 0 Å². The lowest BCUT2D eigenvalue weighted by Crippen LogP contribution is -2.40. The van der Waals surface area contributed by atoms with E-state index in [-0.39, 0.29) is 29.9 Å². The van der Waals surface area contributed by atoms with Gasteiger partial charge in [-0.2, -0.15) is 0 Å². The summed E-state index contributed by atoms with van der Waals surface area (Å²) in [5.41, 5.74) is 0.684. The molecule has 0 atom stereocenters. The second kappa shape index (κ2) is 14.3. The first-order chi connectivity index (χ1) is 10.8. The van der Waals surface area contributed by atoms with Crippen LogP contribution in [0.25, 0.3) is 0 Å². The summed E-state index contributed by atoms with van der Waals surface area (Å²) in [6, 6.07) is 9.21. The van der Waals surface area contributed by atoms with Gasteiger partial charge in [0.25, 0.3) is 5.91 Å². The van der Waals surface area contributed by atoms with E-state index in [2.05, 4.69) is 20.9 Å². The Hall–Kier alpha value is -1.35. The maximum atomic E-state index is 11.8. The SMILES string of the molecule is CCOCCNC(=NC)NCCCNC(=O)c1ccccc1.I. The van der Waals surface area contributed by atoms with E-state index in [9.17, 15) is 4.79 Å². The van der Waals surface area contributed by atoms with Gasteiger partial charge in [0, 0.05) is 38.9 Å². The molecule has 1 aromatic rings. The molecule has 7 heteroatoms. The van der Waals surface area contributed by atoms with E-state index in [4.69, 9.17) is 4.74 Å². The fourth-order valence-electron chi connectivity index (χ4n) is 1.80. The smallest absolute Gasteiger partial charge is 0.251 e. The van der Waals surface area contributed by atoms with E-state index in [0.29, 0.717) is 18.7 Å². The van der Waals surface area contributed by atoms with Crippen LogP contribution in [-0.2, 0) is 4.74 Å². The number of carbonyl (C=O) groups is 1. The zero-order valence-electron chi connectivity index (χ0n) is 13.8. The number of benzene rings is 1. The van der Waals surface area contributed by atoms with Gasteiger partial charge < -0.3 is 20.7 Å². The number of carbonyl (C=O) groups excluding carboxylic acids is 1. The van der Waals surface area contributed by atoms with Crippen LogP contribution in [0.4, 0.5) is 0 Å². The quantitative estimate of drug-likeness (QED) is 0.239. The summed E-state index contributed by atoms with van der Waals surface area (Å²) in [5, 5.41) is 9.24. The van der Waals surface area contributed by atoms with Gasteiger partial charge in [0.1, 0.15) is 0 Å². The highest BCUT2D eigenvalue weighted by Crippen LogP contribution is 1.97. The minimum absolute atomic E-state index is 0. The Labute approximate surface area is 155 Å². The summed E-state index contributed by atoms with van der Waals surface area (Å²) < 4.78 is 5.25. The van der Waals surface area contributed by atoms with Gasteiger partial charge in [0.05, 0.1) is 6.61 Å². The molecule has 0 aliphatic carbocycles. The third-order valence-corrected chi connectivity index (χ3v) is 2.93. The second-order valence-electron chi connectivity index (χ2n) is 4.60. The van der Waals surface area contributed by atoms with Crippen LogP contribution >= 0.6 is 24.0 Å². The monoisotopic (exact) mass is 434 g/mol. The van der Waals surface area contributed by atoms with Gasteiger partial charge in [-0.15, -0.1) is 24.0 Å². The van der Waals surface area contributed by atoms with Crippen LogP contribution in [0.2, 0.25) is 0 Å². The molecule has 0 bridgehead atoms. The normalized spacial score (nSPS) is 10.6. The maximum Gasteiger partial charge on any atom is 0.251 e. The van der Waals surface area contributed by atoms with E-state index in [0.717, 1.165) is 32.1 Å². The lowest BCUT2D eigenvalue weighted by molar-refractivity contribution is 0.0953. The minimum Gasteiger partial charge on any atom is -0.380 e.